The quantitative estimate of drug-likeness (QED) is 0.629. The van der Waals surface area contributed by atoms with Gasteiger partial charge in [-0.25, -0.2) is 0 Å². The van der Waals surface area contributed by atoms with Gasteiger partial charge in [-0.1, -0.05) is 37.6 Å². The number of ether oxygens (including phenoxy) is 1. The van der Waals surface area contributed by atoms with E-state index in [1.165, 1.54) is 36.8 Å². The molecular weight excluding hydrogens is 196 g/mol. The maximum Gasteiger partial charge on any atom is 0.134 e. The molecule has 84 valence electrons. The Kier molecular flexibility index (Phi) is 2.27. The summed E-state index contributed by atoms with van der Waals surface area (Å²) in [5.41, 5.74) is 2.37. The van der Waals surface area contributed by atoms with Crippen molar-refractivity contribution in [2.75, 3.05) is 0 Å². The lowest BCUT2D eigenvalue weighted by Gasteiger charge is -2.28. The first-order chi connectivity index (χ1) is 7.82. The van der Waals surface area contributed by atoms with Crippen LogP contribution in [0.3, 0.4) is 0 Å². The van der Waals surface area contributed by atoms with Gasteiger partial charge in [-0.15, -0.1) is 0 Å². The summed E-state index contributed by atoms with van der Waals surface area (Å²) in [5.74, 6) is 1.04. The molecule has 1 fully saturated rings. The maximum atomic E-state index is 6.23. The first kappa shape index (κ1) is 9.95. The third-order valence-corrected chi connectivity index (χ3v) is 3.98. The maximum absolute atomic E-state index is 6.23. The number of fused-ring (bicyclic) bond motifs is 1. The van der Waals surface area contributed by atoms with Gasteiger partial charge in [0, 0.05) is 5.56 Å². The van der Waals surface area contributed by atoms with E-state index < -0.39 is 0 Å². The second kappa shape index (κ2) is 3.65. The summed E-state index contributed by atoms with van der Waals surface area (Å²) in [4.78, 5) is 0. The van der Waals surface area contributed by atoms with Crippen molar-refractivity contribution in [3.05, 3.63) is 36.4 Å². The van der Waals surface area contributed by atoms with Gasteiger partial charge >= 0.3 is 0 Å². The third-order valence-electron chi connectivity index (χ3n) is 3.98. The van der Waals surface area contributed by atoms with Crippen LogP contribution in [0.2, 0.25) is 0 Å². The van der Waals surface area contributed by atoms with Crippen molar-refractivity contribution in [1.82, 2.24) is 0 Å². The number of rotatable bonds is 0. The predicted molar refractivity (Wildman–Crippen MR) is 66.5 cm³/mol. The van der Waals surface area contributed by atoms with E-state index >= 15 is 0 Å². The minimum Gasteiger partial charge on any atom is -0.482 e. The van der Waals surface area contributed by atoms with E-state index in [4.69, 9.17) is 4.74 Å². The van der Waals surface area contributed by atoms with Crippen LogP contribution in [0, 0.1) is 0 Å². The second-order valence-electron chi connectivity index (χ2n) is 4.99. The Bertz CT molecular complexity index is 411. The summed E-state index contributed by atoms with van der Waals surface area (Å²) in [6.07, 6.45) is 7.50. The Morgan fingerprint density at radius 1 is 1.00 bits per heavy atom. The molecule has 0 bridgehead atoms. The van der Waals surface area contributed by atoms with Crippen molar-refractivity contribution in [3.8, 4) is 5.75 Å². The molecule has 0 saturated heterocycles. The lowest BCUT2D eigenvalue weighted by atomic mass is 9.85. The Morgan fingerprint density at radius 3 is 2.38 bits per heavy atom. The fourth-order valence-electron chi connectivity index (χ4n) is 3.03. The summed E-state index contributed by atoms with van der Waals surface area (Å²) in [6.45, 7) is 4.29. The molecule has 0 unspecified atom stereocenters. The molecule has 0 amide bonds. The number of para-hydroxylation sites is 1. The molecule has 0 N–H and O–H groups in total. The molecule has 0 atom stereocenters. The Balaban J connectivity index is 1.98. The van der Waals surface area contributed by atoms with Gasteiger partial charge in [-0.2, -0.15) is 0 Å². The summed E-state index contributed by atoms with van der Waals surface area (Å²) < 4.78 is 6.23. The smallest absolute Gasteiger partial charge is 0.134 e. The van der Waals surface area contributed by atoms with E-state index in [-0.39, 0.29) is 5.60 Å². The van der Waals surface area contributed by atoms with Crippen LogP contribution in [0.25, 0.3) is 5.57 Å². The van der Waals surface area contributed by atoms with Crippen molar-refractivity contribution < 1.29 is 4.74 Å². The van der Waals surface area contributed by atoms with Crippen LogP contribution in [-0.2, 0) is 0 Å². The topological polar surface area (TPSA) is 9.23 Å². The van der Waals surface area contributed by atoms with Gasteiger partial charge in [-0.05, 0) is 37.3 Å². The van der Waals surface area contributed by atoms with Crippen LogP contribution in [0.1, 0.15) is 44.1 Å². The first-order valence-corrected chi connectivity index (χ1v) is 6.30. The van der Waals surface area contributed by atoms with Crippen LogP contribution < -0.4 is 4.74 Å². The largest absolute Gasteiger partial charge is 0.482 e. The Hall–Kier alpha value is -1.24. The molecular formula is C15H18O. The van der Waals surface area contributed by atoms with Gasteiger partial charge < -0.3 is 4.74 Å². The molecule has 1 aliphatic heterocycles. The molecule has 0 aromatic heterocycles. The fraction of sp³-hybridized carbons (Fsp3) is 0.467. The Labute approximate surface area is 97.1 Å². The summed E-state index contributed by atoms with van der Waals surface area (Å²) in [5, 5.41) is 0. The van der Waals surface area contributed by atoms with E-state index in [0.717, 1.165) is 18.6 Å². The van der Waals surface area contributed by atoms with Gasteiger partial charge in [0.05, 0.1) is 0 Å². The summed E-state index contributed by atoms with van der Waals surface area (Å²) >= 11 is 0. The molecule has 0 radical (unpaired) electrons. The zero-order chi connectivity index (χ0) is 11.0. The molecule has 3 rings (SSSR count). The standard InChI is InChI=1S/C15H18O/c1-12-13-8-4-5-9-14(13)16-15(12)10-6-2-3-7-11-15/h4-5,8-9H,1-3,6-7,10-11H2. The van der Waals surface area contributed by atoms with Gasteiger partial charge in [-0.3, -0.25) is 0 Å². The highest BCUT2D eigenvalue weighted by atomic mass is 16.5. The first-order valence-electron chi connectivity index (χ1n) is 6.30. The molecule has 1 heteroatoms. The highest BCUT2D eigenvalue weighted by Crippen LogP contribution is 2.49. The second-order valence-corrected chi connectivity index (χ2v) is 4.99. The minimum atomic E-state index is -0.0693. The third kappa shape index (κ3) is 1.38. The van der Waals surface area contributed by atoms with E-state index in [2.05, 4.69) is 24.8 Å². The van der Waals surface area contributed by atoms with Gasteiger partial charge in [0.25, 0.3) is 0 Å². The van der Waals surface area contributed by atoms with Crippen molar-refractivity contribution in [2.45, 2.75) is 44.1 Å². The van der Waals surface area contributed by atoms with Crippen LogP contribution in [0.5, 0.6) is 5.75 Å². The normalized spacial score (nSPS) is 22.6. The molecule has 1 aromatic rings. The fourth-order valence-corrected chi connectivity index (χ4v) is 3.03. The number of hydrogen-bond acceptors (Lipinski definition) is 1. The SMILES string of the molecule is C=C1c2ccccc2OC12CCCCCC2. The average Bonchev–Trinajstić information content (AvgIpc) is 2.49. The van der Waals surface area contributed by atoms with E-state index in [9.17, 15) is 0 Å². The van der Waals surface area contributed by atoms with E-state index in [1.54, 1.807) is 0 Å². The van der Waals surface area contributed by atoms with Crippen molar-refractivity contribution in [3.63, 3.8) is 0 Å². The molecule has 1 aliphatic carbocycles. The van der Waals surface area contributed by atoms with E-state index in [1.807, 2.05) is 6.07 Å². The van der Waals surface area contributed by atoms with Crippen LogP contribution in [0.4, 0.5) is 0 Å². The lowest BCUT2D eigenvalue weighted by molar-refractivity contribution is 0.128. The summed E-state index contributed by atoms with van der Waals surface area (Å²) in [6, 6.07) is 8.32. The molecule has 1 aromatic carbocycles. The molecule has 1 heterocycles. The van der Waals surface area contributed by atoms with Gasteiger partial charge in [0.1, 0.15) is 11.4 Å². The van der Waals surface area contributed by atoms with Gasteiger partial charge in [0.2, 0.25) is 0 Å². The molecule has 1 spiro atoms. The van der Waals surface area contributed by atoms with Crippen molar-refractivity contribution in [2.24, 2.45) is 0 Å². The van der Waals surface area contributed by atoms with Crippen LogP contribution >= 0.6 is 0 Å². The van der Waals surface area contributed by atoms with Crippen LogP contribution in [-0.4, -0.2) is 5.60 Å². The number of benzene rings is 1. The molecule has 2 aliphatic rings. The van der Waals surface area contributed by atoms with Crippen molar-refractivity contribution in [1.29, 1.82) is 0 Å². The molecule has 1 nitrogen and oxygen atoms in total. The predicted octanol–water partition coefficient (Wildman–Crippen LogP) is 4.19. The van der Waals surface area contributed by atoms with Crippen LogP contribution in [0.15, 0.2) is 30.8 Å². The summed E-state index contributed by atoms with van der Waals surface area (Å²) in [7, 11) is 0. The van der Waals surface area contributed by atoms with E-state index in [0.29, 0.717) is 0 Å². The highest BCUT2D eigenvalue weighted by molar-refractivity contribution is 5.78. The molecule has 16 heavy (non-hydrogen) atoms. The highest BCUT2D eigenvalue weighted by Gasteiger charge is 2.42. The lowest BCUT2D eigenvalue weighted by Crippen LogP contribution is -2.32. The monoisotopic (exact) mass is 214 g/mol. The van der Waals surface area contributed by atoms with Crippen molar-refractivity contribution >= 4 is 5.57 Å². The number of hydrogen-bond donors (Lipinski definition) is 0. The minimum absolute atomic E-state index is 0.0693. The molecule has 1 saturated carbocycles. The zero-order valence-electron chi connectivity index (χ0n) is 9.67. The zero-order valence-corrected chi connectivity index (χ0v) is 9.67. The van der Waals surface area contributed by atoms with Gasteiger partial charge in [0.15, 0.2) is 0 Å². The Morgan fingerprint density at radius 2 is 1.69 bits per heavy atom. The average molecular weight is 214 g/mol.